The molecule has 0 spiro atoms. The summed E-state index contributed by atoms with van der Waals surface area (Å²) in [6.07, 6.45) is 11.4. The number of hydrogen-bond donors (Lipinski definition) is 1. The normalized spacial score (nSPS) is 12.4. The van der Waals surface area contributed by atoms with E-state index in [0.717, 1.165) is 44.9 Å². The summed E-state index contributed by atoms with van der Waals surface area (Å²) in [6, 6.07) is 0. The average molecular weight is 272 g/mol. The second kappa shape index (κ2) is 13.9. The van der Waals surface area contributed by atoms with Gasteiger partial charge in [0.1, 0.15) is 0 Å². The zero-order chi connectivity index (χ0) is 14.3. The van der Waals surface area contributed by atoms with Crippen LogP contribution < -0.4 is 0 Å². The molecule has 0 aromatic heterocycles. The monoisotopic (exact) mass is 272 g/mol. The first-order valence-corrected chi connectivity index (χ1v) is 8.04. The third kappa shape index (κ3) is 13.7. The molecule has 0 radical (unpaired) electrons. The predicted octanol–water partition coefficient (Wildman–Crippen LogP) is 4.22. The van der Waals surface area contributed by atoms with Gasteiger partial charge in [-0.3, -0.25) is 4.79 Å². The van der Waals surface area contributed by atoms with Crippen molar-refractivity contribution < 1.29 is 14.6 Å². The van der Waals surface area contributed by atoms with E-state index >= 15 is 0 Å². The van der Waals surface area contributed by atoms with Crippen LogP contribution in [-0.2, 0) is 9.53 Å². The maximum atomic E-state index is 11.1. The van der Waals surface area contributed by atoms with Crippen LogP contribution in [0, 0.1) is 0 Å². The summed E-state index contributed by atoms with van der Waals surface area (Å²) in [5, 5.41) is 9.68. The molecule has 0 aromatic rings. The van der Waals surface area contributed by atoms with Gasteiger partial charge in [-0.2, -0.15) is 0 Å². The minimum Gasteiger partial charge on any atom is -0.466 e. The number of hydrogen-bond acceptors (Lipinski definition) is 3. The van der Waals surface area contributed by atoms with Crippen LogP contribution in [-0.4, -0.2) is 23.8 Å². The van der Waals surface area contributed by atoms with Crippen LogP contribution in [0.2, 0.25) is 0 Å². The van der Waals surface area contributed by atoms with Gasteiger partial charge in [0.15, 0.2) is 0 Å². The molecule has 0 amide bonds. The summed E-state index contributed by atoms with van der Waals surface area (Å²) in [6.45, 7) is 4.48. The van der Waals surface area contributed by atoms with Crippen molar-refractivity contribution in [2.75, 3.05) is 6.61 Å². The molecule has 114 valence electrons. The molecule has 1 unspecified atom stereocenters. The van der Waals surface area contributed by atoms with Crippen molar-refractivity contribution in [3.05, 3.63) is 0 Å². The summed E-state index contributed by atoms with van der Waals surface area (Å²) in [7, 11) is 0. The Hall–Kier alpha value is -0.570. The van der Waals surface area contributed by atoms with Gasteiger partial charge in [-0.1, -0.05) is 51.9 Å². The van der Waals surface area contributed by atoms with Gasteiger partial charge in [0.25, 0.3) is 0 Å². The van der Waals surface area contributed by atoms with Gasteiger partial charge in [-0.05, 0) is 26.2 Å². The van der Waals surface area contributed by atoms with Gasteiger partial charge in [-0.25, -0.2) is 0 Å². The highest BCUT2D eigenvalue weighted by Gasteiger charge is 2.03. The maximum Gasteiger partial charge on any atom is 0.305 e. The number of ether oxygens (including phenoxy) is 1. The summed E-state index contributed by atoms with van der Waals surface area (Å²) in [4.78, 5) is 11.1. The fourth-order valence-corrected chi connectivity index (χ4v) is 2.17. The largest absolute Gasteiger partial charge is 0.466 e. The molecule has 0 aliphatic rings. The van der Waals surface area contributed by atoms with E-state index in [2.05, 4.69) is 6.92 Å². The lowest BCUT2D eigenvalue weighted by atomic mass is 10.0. The van der Waals surface area contributed by atoms with Crippen molar-refractivity contribution in [1.29, 1.82) is 0 Å². The Labute approximate surface area is 118 Å². The first-order chi connectivity index (χ1) is 9.20. The molecule has 0 fully saturated rings. The molecular weight excluding hydrogens is 240 g/mol. The van der Waals surface area contributed by atoms with E-state index in [1.165, 1.54) is 19.3 Å². The molecular formula is C16H32O3. The minimum absolute atomic E-state index is 0.0680. The van der Waals surface area contributed by atoms with E-state index in [9.17, 15) is 9.90 Å². The summed E-state index contributed by atoms with van der Waals surface area (Å²) in [5.74, 6) is -0.0680. The topological polar surface area (TPSA) is 46.5 Å². The van der Waals surface area contributed by atoms with Crippen molar-refractivity contribution >= 4 is 5.97 Å². The van der Waals surface area contributed by atoms with Crippen molar-refractivity contribution in [3.63, 3.8) is 0 Å². The molecule has 0 heterocycles. The van der Waals surface area contributed by atoms with E-state index in [1.54, 1.807) is 0 Å². The van der Waals surface area contributed by atoms with Crippen LogP contribution >= 0.6 is 0 Å². The third-order valence-corrected chi connectivity index (χ3v) is 3.36. The van der Waals surface area contributed by atoms with Gasteiger partial charge < -0.3 is 9.84 Å². The van der Waals surface area contributed by atoms with Gasteiger partial charge in [0, 0.05) is 6.42 Å². The molecule has 0 aliphatic heterocycles. The Kier molecular flexibility index (Phi) is 13.4. The van der Waals surface area contributed by atoms with Gasteiger partial charge in [0.2, 0.25) is 0 Å². The summed E-state index contributed by atoms with van der Waals surface area (Å²) < 4.78 is 4.88. The van der Waals surface area contributed by atoms with E-state index < -0.39 is 0 Å². The Morgan fingerprint density at radius 3 is 2.16 bits per heavy atom. The Bertz CT molecular complexity index is 204. The fraction of sp³-hybridized carbons (Fsp3) is 0.938. The molecule has 19 heavy (non-hydrogen) atoms. The average Bonchev–Trinajstić information content (AvgIpc) is 2.39. The second-order valence-electron chi connectivity index (χ2n) is 5.26. The first-order valence-electron chi connectivity index (χ1n) is 8.04. The Morgan fingerprint density at radius 1 is 0.947 bits per heavy atom. The lowest BCUT2D eigenvalue weighted by Crippen LogP contribution is -2.05. The molecule has 0 bridgehead atoms. The standard InChI is InChI=1S/C16H32O3/c1-3-5-12-15(17)13-10-8-6-7-9-11-14-16(18)19-4-2/h15,17H,3-14H2,1-2H3. The smallest absolute Gasteiger partial charge is 0.305 e. The highest BCUT2D eigenvalue weighted by Crippen LogP contribution is 2.12. The van der Waals surface area contributed by atoms with Crippen LogP contribution in [0.5, 0.6) is 0 Å². The quantitative estimate of drug-likeness (QED) is 0.403. The van der Waals surface area contributed by atoms with Crippen LogP contribution in [0.1, 0.15) is 84.5 Å². The maximum absolute atomic E-state index is 11.1. The minimum atomic E-state index is -0.0937. The number of unbranched alkanes of at least 4 members (excludes halogenated alkanes) is 6. The lowest BCUT2D eigenvalue weighted by Gasteiger charge is -2.09. The SMILES string of the molecule is CCCCC(O)CCCCCCCCC(=O)OCC. The highest BCUT2D eigenvalue weighted by atomic mass is 16.5. The van der Waals surface area contributed by atoms with Crippen LogP contribution in [0.4, 0.5) is 0 Å². The molecule has 1 N–H and O–H groups in total. The molecule has 0 rings (SSSR count). The van der Waals surface area contributed by atoms with E-state index in [0.29, 0.717) is 13.0 Å². The second-order valence-corrected chi connectivity index (χ2v) is 5.26. The number of carbonyl (C=O) groups excluding carboxylic acids is 1. The fourth-order valence-electron chi connectivity index (χ4n) is 2.17. The molecule has 0 aromatic carbocycles. The van der Waals surface area contributed by atoms with Crippen LogP contribution in [0.3, 0.4) is 0 Å². The molecule has 1 atom stereocenters. The molecule has 0 aliphatic carbocycles. The van der Waals surface area contributed by atoms with Crippen molar-refractivity contribution in [3.8, 4) is 0 Å². The van der Waals surface area contributed by atoms with E-state index in [4.69, 9.17) is 4.74 Å². The molecule has 0 saturated carbocycles. The third-order valence-electron chi connectivity index (χ3n) is 3.36. The van der Waals surface area contributed by atoms with Gasteiger partial charge in [0.05, 0.1) is 12.7 Å². The molecule has 3 heteroatoms. The Balaban J connectivity index is 3.16. The first kappa shape index (κ1) is 18.4. The lowest BCUT2D eigenvalue weighted by molar-refractivity contribution is -0.143. The molecule has 0 saturated heterocycles. The number of carbonyl (C=O) groups is 1. The Morgan fingerprint density at radius 2 is 1.53 bits per heavy atom. The number of aliphatic hydroxyl groups excluding tert-OH is 1. The zero-order valence-electron chi connectivity index (χ0n) is 12.8. The zero-order valence-corrected chi connectivity index (χ0v) is 12.8. The highest BCUT2D eigenvalue weighted by molar-refractivity contribution is 5.69. The molecule has 3 nitrogen and oxygen atoms in total. The van der Waals surface area contributed by atoms with Gasteiger partial charge >= 0.3 is 5.97 Å². The predicted molar refractivity (Wildman–Crippen MR) is 79.1 cm³/mol. The number of esters is 1. The number of rotatable bonds is 13. The van der Waals surface area contributed by atoms with Crippen LogP contribution in [0.15, 0.2) is 0 Å². The van der Waals surface area contributed by atoms with Crippen molar-refractivity contribution in [2.24, 2.45) is 0 Å². The van der Waals surface area contributed by atoms with Crippen LogP contribution in [0.25, 0.3) is 0 Å². The van der Waals surface area contributed by atoms with Gasteiger partial charge in [-0.15, -0.1) is 0 Å². The van der Waals surface area contributed by atoms with E-state index in [-0.39, 0.29) is 12.1 Å². The summed E-state index contributed by atoms with van der Waals surface area (Å²) in [5.41, 5.74) is 0. The number of aliphatic hydroxyl groups is 1. The van der Waals surface area contributed by atoms with Crippen molar-refractivity contribution in [1.82, 2.24) is 0 Å². The summed E-state index contributed by atoms with van der Waals surface area (Å²) >= 11 is 0. The van der Waals surface area contributed by atoms with E-state index in [1.807, 2.05) is 6.92 Å². The van der Waals surface area contributed by atoms with Crippen molar-refractivity contribution in [2.45, 2.75) is 90.6 Å².